The molecule has 11 nitrogen and oxygen atoms in total. The molecule has 0 radical (unpaired) electrons. The molecule has 1 amide bonds. The maximum atomic E-state index is 13.6. The number of nitrogens with zero attached hydrogens (tertiary/aromatic N) is 2. The van der Waals surface area contributed by atoms with E-state index in [1.54, 1.807) is 12.1 Å². The predicted octanol–water partition coefficient (Wildman–Crippen LogP) is 8.46. The number of unbranched alkanes of at least 4 members (excludes halogenated alkanes) is 12. The number of imidazole rings is 1. The van der Waals surface area contributed by atoms with Gasteiger partial charge >= 0.3 is 7.82 Å². The second-order valence-electron chi connectivity index (χ2n) is 11.5. The second-order valence-corrected chi connectivity index (χ2v) is 13.5. The molecule has 3 rings (SSSR count). The maximum absolute atomic E-state index is 13.6. The van der Waals surface area contributed by atoms with Gasteiger partial charge < -0.3 is 20.1 Å². The molecule has 3 atom stereocenters. The van der Waals surface area contributed by atoms with Crippen molar-refractivity contribution in [3.8, 4) is 11.6 Å². The molecule has 1 aromatic heterocycles. The minimum Gasteiger partial charge on any atom is -0.493 e. The van der Waals surface area contributed by atoms with Crippen molar-refractivity contribution in [1.82, 2.24) is 9.55 Å². The van der Waals surface area contributed by atoms with Crippen LogP contribution in [-0.4, -0.2) is 45.7 Å². The van der Waals surface area contributed by atoms with Crippen LogP contribution in [0.25, 0.3) is 0 Å². The third-order valence-corrected chi connectivity index (χ3v) is 9.34. The van der Waals surface area contributed by atoms with Gasteiger partial charge in [-0.3, -0.25) is 23.2 Å². The van der Waals surface area contributed by atoms with Crippen molar-refractivity contribution < 1.29 is 37.6 Å². The number of hydrogen-bond donors (Lipinski definition) is 2. The summed E-state index contributed by atoms with van der Waals surface area (Å²) in [6, 6.07) is 6.24. The van der Waals surface area contributed by atoms with Gasteiger partial charge in [0.05, 0.1) is 19.6 Å². The monoisotopic (exact) mass is 681 g/mol. The molecule has 1 aromatic carbocycles. The number of aromatic nitrogens is 2. The van der Waals surface area contributed by atoms with Crippen molar-refractivity contribution in [3.05, 3.63) is 53.5 Å². The van der Waals surface area contributed by atoms with Crippen LogP contribution in [0.5, 0.6) is 11.6 Å². The molecule has 13 heteroatoms. The van der Waals surface area contributed by atoms with Crippen LogP contribution < -0.4 is 10.3 Å². The molecule has 3 N–H and O–H groups in total. The summed E-state index contributed by atoms with van der Waals surface area (Å²) in [6.45, 7) is 1.98. The molecule has 1 aliphatic heterocycles. The summed E-state index contributed by atoms with van der Waals surface area (Å²) in [5.74, 6) is -1.56. The number of phosphoric ester groups is 1. The number of benzene rings is 1. The number of halogens is 1. The number of primary amides is 1. The Morgan fingerprint density at radius 3 is 2.24 bits per heavy atom. The molecular formula is C33H49ClN3O8P. The minimum absolute atomic E-state index is 0.130. The lowest BCUT2D eigenvalue weighted by Gasteiger charge is -2.20. The van der Waals surface area contributed by atoms with Crippen LogP contribution in [0.1, 0.15) is 120 Å². The first-order valence-electron chi connectivity index (χ1n) is 16.5. The van der Waals surface area contributed by atoms with E-state index in [0.717, 1.165) is 36.6 Å². The van der Waals surface area contributed by atoms with Gasteiger partial charge in [0.2, 0.25) is 5.88 Å². The molecule has 1 saturated heterocycles. The predicted molar refractivity (Wildman–Crippen MR) is 177 cm³/mol. The summed E-state index contributed by atoms with van der Waals surface area (Å²) < 4.78 is 37.3. The smallest absolute Gasteiger partial charge is 0.493 e. The Bertz CT molecular complexity index is 1290. The van der Waals surface area contributed by atoms with E-state index in [-0.39, 0.29) is 30.3 Å². The zero-order chi connectivity index (χ0) is 33.2. The lowest BCUT2D eigenvalue weighted by Crippen LogP contribution is -2.23. The third kappa shape index (κ3) is 13.2. The number of aromatic hydroxyl groups is 1. The van der Waals surface area contributed by atoms with Crippen LogP contribution >= 0.6 is 19.4 Å². The summed E-state index contributed by atoms with van der Waals surface area (Å²) in [4.78, 5) is 27.8. The third-order valence-electron chi connectivity index (χ3n) is 7.69. The van der Waals surface area contributed by atoms with Crippen LogP contribution in [0.15, 0.2) is 42.7 Å². The number of ether oxygens (including phenoxy) is 1. The Hall–Kier alpha value is -2.69. The number of phosphoric acid groups is 1. The number of carbonyl (C=O) groups excluding carboxylic acids is 2. The van der Waals surface area contributed by atoms with Crippen molar-refractivity contribution in [2.75, 3.05) is 13.2 Å². The van der Waals surface area contributed by atoms with Crippen LogP contribution in [-0.2, 0) is 23.1 Å². The lowest BCUT2D eigenvalue weighted by atomic mass is 10.1. The first-order valence-corrected chi connectivity index (χ1v) is 18.3. The van der Waals surface area contributed by atoms with E-state index in [1.807, 2.05) is 0 Å². The molecule has 2 aromatic rings. The fraction of sp³-hybridized carbons (Fsp3) is 0.606. The van der Waals surface area contributed by atoms with E-state index in [4.69, 9.17) is 35.6 Å². The van der Waals surface area contributed by atoms with E-state index in [1.165, 1.54) is 69.9 Å². The zero-order valence-electron chi connectivity index (χ0n) is 26.8. The highest BCUT2D eigenvalue weighted by Crippen LogP contribution is 2.50. The summed E-state index contributed by atoms with van der Waals surface area (Å²) in [6.07, 6.45) is 20.0. The fourth-order valence-corrected chi connectivity index (χ4v) is 6.41. The van der Waals surface area contributed by atoms with Gasteiger partial charge in [0, 0.05) is 5.02 Å². The Morgan fingerprint density at radius 1 is 1.02 bits per heavy atom. The van der Waals surface area contributed by atoms with E-state index in [9.17, 15) is 19.3 Å². The highest BCUT2D eigenvalue weighted by Gasteiger charge is 2.39. The highest BCUT2D eigenvalue weighted by atomic mass is 35.5. The number of Topliss-reactive ketones (excluding diaryl/α,β-unsaturated/α-hetero) is 1. The lowest BCUT2D eigenvalue weighted by molar-refractivity contribution is -0.124. The number of allylic oxidation sites excluding steroid dienone is 2. The Kier molecular flexibility index (Phi) is 16.9. The molecule has 0 bridgehead atoms. The molecule has 0 spiro atoms. The second kappa shape index (κ2) is 20.5. The molecule has 1 fully saturated rings. The fourth-order valence-electron chi connectivity index (χ4n) is 5.05. The van der Waals surface area contributed by atoms with Crippen molar-refractivity contribution in [3.63, 3.8) is 0 Å². The molecule has 0 saturated carbocycles. The summed E-state index contributed by atoms with van der Waals surface area (Å²) in [5.41, 5.74) is 4.86. The SMILES string of the molecule is CCCCCCCC/C=C\CCCCCCCCOP(=O)(OC[C@H]1O[C@@H](n2cnc(C(N)=O)c2O)CC1=O)Oc1ccc(Cl)cc1. The van der Waals surface area contributed by atoms with Crippen molar-refractivity contribution in [2.45, 2.75) is 116 Å². The number of rotatable bonds is 24. The van der Waals surface area contributed by atoms with E-state index >= 15 is 0 Å². The van der Waals surface area contributed by atoms with Crippen molar-refractivity contribution in [1.29, 1.82) is 0 Å². The van der Waals surface area contributed by atoms with Crippen LogP contribution in [0, 0.1) is 0 Å². The molecule has 2 heterocycles. The number of hydrogen-bond acceptors (Lipinski definition) is 9. The van der Waals surface area contributed by atoms with Gasteiger partial charge in [-0.1, -0.05) is 88.5 Å². The summed E-state index contributed by atoms with van der Waals surface area (Å²) in [7, 11) is -4.15. The Balaban J connectivity index is 1.38. The molecule has 46 heavy (non-hydrogen) atoms. The first-order chi connectivity index (χ1) is 22.2. The number of carbonyl (C=O) groups is 2. The zero-order valence-corrected chi connectivity index (χ0v) is 28.5. The van der Waals surface area contributed by atoms with Gasteiger partial charge in [-0.05, 0) is 56.4 Å². The summed E-state index contributed by atoms with van der Waals surface area (Å²) in [5, 5.41) is 10.7. The van der Waals surface area contributed by atoms with Gasteiger partial charge in [-0.2, -0.15) is 0 Å². The normalized spacial score (nSPS) is 17.9. The standard InChI is InChI=1S/C33H49ClN3O8P/c1-2-3-4-5-6-7-8-9-10-11-12-13-14-15-16-17-22-42-46(41,45-27-20-18-26(34)19-21-27)43-24-29-28(38)23-30(44-29)37-25-36-31(32(35)39)33(37)40/h9-10,18-21,25,29-30,40H,2-8,11-17,22-24H2,1H3,(H2,35,39)/b10-9-/t29-,30-,46?/m1/s1. The van der Waals surface area contributed by atoms with E-state index in [0.29, 0.717) is 11.4 Å². The first kappa shape index (κ1) is 37.8. The average Bonchev–Trinajstić information content (AvgIpc) is 3.60. The molecule has 1 aliphatic rings. The largest absolute Gasteiger partial charge is 0.530 e. The number of amides is 1. The highest BCUT2D eigenvalue weighted by molar-refractivity contribution is 7.48. The van der Waals surface area contributed by atoms with Crippen LogP contribution in [0.3, 0.4) is 0 Å². The topological polar surface area (TPSA) is 152 Å². The Labute approximate surface area is 277 Å². The van der Waals surface area contributed by atoms with Gasteiger partial charge in [0.25, 0.3) is 5.91 Å². The minimum atomic E-state index is -4.15. The van der Waals surface area contributed by atoms with Crippen LogP contribution in [0.4, 0.5) is 0 Å². The van der Waals surface area contributed by atoms with Crippen molar-refractivity contribution >= 4 is 31.1 Å². The number of nitrogens with two attached hydrogens (primary N) is 1. The average molecular weight is 682 g/mol. The van der Waals surface area contributed by atoms with Gasteiger partial charge in [0.1, 0.15) is 24.4 Å². The van der Waals surface area contributed by atoms with Crippen LogP contribution in [0.2, 0.25) is 5.02 Å². The van der Waals surface area contributed by atoms with E-state index < -0.39 is 38.5 Å². The van der Waals surface area contributed by atoms with Gasteiger partial charge in [-0.25, -0.2) is 9.55 Å². The quantitative estimate of drug-likeness (QED) is 0.0631. The molecular weight excluding hydrogens is 633 g/mol. The van der Waals surface area contributed by atoms with E-state index in [2.05, 4.69) is 24.1 Å². The molecule has 1 unspecified atom stereocenters. The van der Waals surface area contributed by atoms with Crippen molar-refractivity contribution in [2.24, 2.45) is 5.73 Å². The Morgan fingerprint density at radius 2 is 1.63 bits per heavy atom. The van der Waals surface area contributed by atoms with Gasteiger partial charge in [0.15, 0.2) is 11.5 Å². The summed E-state index contributed by atoms with van der Waals surface area (Å²) >= 11 is 5.96. The number of ketones is 1. The van der Waals surface area contributed by atoms with Gasteiger partial charge in [-0.15, -0.1) is 0 Å². The molecule has 256 valence electrons. The maximum Gasteiger partial charge on any atom is 0.530 e. The molecule has 0 aliphatic carbocycles.